The molecule has 0 aliphatic carbocycles. The van der Waals surface area contributed by atoms with Crippen molar-refractivity contribution >= 4 is 5.91 Å². The summed E-state index contributed by atoms with van der Waals surface area (Å²) in [4.78, 5) is 14.5. The molecular weight excluding hydrogens is 354 g/mol. The summed E-state index contributed by atoms with van der Waals surface area (Å²) in [5.41, 5.74) is 3.03. The highest BCUT2D eigenvalue weighted by Crippen LogP contribution is 2.23. The Bertz CT molecular complexity index is 756. The third kappa shape index (κ3) is 5.39. The molecule has 0 radical (unpaired) electrons. The Balaban J connectivity index is 1.56. The van der Waals surface area contributed by atoms with Crippen LogP contribution in [0.4, 0.5) is 0 Å². The molecule has 1 fully saturated rings. The van der Waals surface area contributed by atoms with Crippen LogP contribution < -0.4 is 5.32 Å². The van der Waals surface area contributed by atoms with Crippen LogP contribution in [0.1, 0.15) is 66.7 Å². The fourth-order valence-corrected chi connectivity index (χ4v) is 3.59. The first kappa shape index (κ1) is 20.5. The summed E-state index contributed by atoms with van der Waals surface area (Å²) in [7, 11) is 0. The highest BCUT2D eigenvalue weighted by Gasteiger charge is 2.23. The molecule has 3 rings (SSSR count). The second-order valence-corrected chi connectivity index (χ2v) is 7.84. The van der Waals surface area contributed by atoms with Crippen LogP contribution in [0, 0.1) is 0 Å². The van der Waals surface area contributed by atoms with E-state index in [1.807, 2.05) is 4.68 Å². The molecule has 1 aromatic carbocycles. The average Bonchev–Trinajstić information content (AvgIpc) is 3.19. The lowest BCUT2D eigenvalue weighted by atomic mass is 10.0. The normalized spacial score (nSPS) is 17.8. The SMILES string of the molecule is CC(C)c1ccc(CN2CCCC(n3cc(C(=O)NCCCO)nn3)C2)cc1. The van der Waals surface area contributed by atoms with Crippen LogP contribution in [-0.4, -0.2) is 57.1 Å². The molecule has 0 bridgehead atoms. The average molecular weight is 386 g/mol. The summed E-state index contributed by atoms with van der Waals surface area (Å²) in [6, 6.07) is 9.13. The number of nitrogens with zero attached hydrogens (tertiary/aromatic N) is 4. The second kappa shape index (κ2) is 9.80. The van der Waals surface area contributed by atoms with Crippen LogP contribution in [0.5, 0.6) is 0 Å². The van der Waals surface area contributed by atoms with Crippen molar-refractivity contribution in [1.29, 1.82) is 0 Å². The van der Waals surface area contributed by atoms with E-state index < -0.39 is 0 Å². The van der Waals surface area contributed by atoms with Gasteiger partial charge in [-0.25, -0.2) is 4.68 Å². The van der Waals surface area contributed by atoms with Crippen molar-refractivity contribution in [2.75, 3.05) is 26.2 Å². The lowest BCUT2D eigenvalue weighted by Crippen LogP contribution is -2.36. The molecule has 7 nitrogen and oxygen atoms in total. The lowest BCUT2D eigenvalue weighted by Gasteiger charge is -2.32. The first-order chi connectivity index (χ1) is 13.6. The van der Waals surface area contributed by atoms with Crippen LogP contribution in [0.3, 0.4) is 0 Å². The molecule has 1 amide bonds. The molecule has 28 heavy (non-hydrogen) atoms. The Labute approximate surface area is 166 Å². The number of carbonyl (C=O) groups is 1. The highest BCUT2D eigenvalue weighted by molar-refractivity contribution is 5.91. The van der Waals surface area contributed by atoms with Gasteiger partial charge in [-0.2, -0.15) is 0 Å². The van der Waals surface area contributed by atoms with E-state index in [2.05, 4.69) is 58.6 Å². The Hall–Kier alpha value is -2.25. The van der Waals surface area contributed by atoms with E-state index in [4.69, 9.17) is 5.11 Å². The molecule has 1 atom stereocenters. The third-order valence-corrected chi connectivity index (χ3v) is 5.27. The standard InChI is InChI=1S/C21H31N5O2/c1-16(2)18-8-6-17(7-9-18)13-25-11-3-5-19(14-25)26-15-20(23-24-26)21(28)22-10-4-12-27/h6-9,15-16,19,27H,3-5,10-14H2,1-2H3,(H,22,28). The fourth-order valence-electron chi connectivity index (χ4n) is 3.59. The molecule has 152 valence electrons. The van der Waals surface area contributed by atoms with Crippen LogP contribution in [0.15, 0.2) is 30.5 Å². The highest BCUT2D eigenvalue weighted by atomic mass is 16.3. The van der Waals surface area contributed by atoms with Crippen molar-refractivity contribution in [2.45, 2.75) is 51.6 Å². The number of rotatable bonds is 8. The van der Waals surface area contributed by atoms with Crippen molar-refractivity contribution in [1.82, 2.24) is 25.2 Å². The van der Waals surface area contributed by atoms with Crippen molar-refractivity contribution < 1.29 is 9.90 Å². The second-order valence-electron chi connectivity index (χ2n) is 7.84. The van der Waals surface area contributed by atoms with Crippen LogP contribution in [-0.2, 0) is 6.54 Å². The zero-order chi connectivity index (χ0) is 19.9. The summed E-state index contributed by atoms with van der Waals surface area (Å²) in [6.45, 7) is 7.83. The van der Waals surface area contributed by atoms with Gasteiger partial charge in [-0.3, -0.25) is 9.69 Å². The van der Waals surface area contributed by atoms with Gasteiger partial charge in [0.15, 0.2) is 5.69 Å². The number of amides is 1. The maximum absolute atomic E-state index is 12.1. The molecule has 7 heteroatoms. The monoisotopic (exact) mass is 385 g/mol. The van der Waals surface area contributed by atoms with Crippen LogP contribution in [0.25, 0.3) is 0 Å². The molecule has 1 unspecified atom stereocenters. The van der Waals surface area contributed by atoms with Gasteiger partial charge in [0.1, 0.15) is 0 Å². The molecular formula is C21H31N5O2. The van der Waals surface area contributed by atoms with Gasteiger partial charge in [0, 0.05) is 26.2 Å². The van der Waals surface area contributed by atoms with Gasteiger partial charge in [-0.15, -0.1) is 5.10 Å². The van der Waals surface area contributed by atoms with E-state index in [0.29, 0.717) is 24.6 Å². The maximum Gasteiger partial charge on any atom is 0.273 e. The first-order valence-corrected chi connectivity index (χ1v) is 10.2. The van der Waals surface area contributed by atoms with Gasteiger partial charge in [0.25, 0.3) is 5.91 Å². The van der Waals surface area contributed by atoms with Gasteiger partial charge in [-0.1, -0.05) is 43.3 Å². The lowest BCUT2D eigenvalue weighted by molar-refractivity contribution is 0.0946. The number of aliphatic hydroxyl groups is 1. The third-order valence-electron chi connectivity index (χ3n) is 5.27. The predicted molar refractivity (Wildman–Crippen MR) is 108 cm³/mol. The Morgan fingerprint density at radius 2 is 2.11 bits per heavy atom. The molecule has 2 aromatic rings. The van der Waals surface area contributed by atoms with Crippen LogP contribution in [0.2, 0.25) is 0 Å². The Kier molecular flexibility index (Phi) is 7.17. The number of hydrogen-bond acceptors (Lipinski definition) is 5. The summed E-state index contributed by atoms with van der Waals surface area (Å²) >= 11 is 0. The summed E-state index contributed by atoms with van der Waals surface area (Å²) in [6.07, 6.45) is 4.42. The van der Waals surface area contributed by atoms with Gasteiger partial charge < -0.3 is 10.4 Å². The van der Waals surface area contributed by atoms with Gasteiger partial charge in [-0.05, 0) is 42.9 Å². The Morgan fingerprint density at radius 1 is 1.32 bits per heavy atom. The maximum atomic E-state index is 12.1. The van der Waals surface area contributed by atoms with E-state index in [-0.39, 0.29) is 18.6 Å². The smallest absolute Gasteiger partial charge is 0.273 e. The van der Waals surface area contributed by atoms with Crippen LogP contribution >= 0.6 is 0 Å². The first-order valence-electron chi connectivity index (χ1n) is 10.2. The van der Waals surface area contributed by atoms with E-state index in [9.17, 15) is 4.79 Å². The van der Waals surface area contributed by atoms with Crippen molar-refractivity contribution in [3.63, 3.8) is 0 Å². The van der Waals surface area contributed by atoms with Crippen molar-refractivity contribution in [3.05, 3.63) is 47.3 Å². The number of piperidine rings is 1. The molecule has 0 saturated carbocycles. The minimum absolute atomic E-state index is 0.0606. The van der Waals surface area contributed by atoms with Gasteiger partial charge in [0.05, 0.1) is 12.2 Å². The molecule has 2 N–H and O–H groups in total. The molecule has 1 aromatic heterocycles. The Morgan fingerprint density at radius 3 is 2.82 bits per heavy atom. The number of carbonyl (C=O) groups excluding carboxylic acids is 1. The summed E-state index contributed by atoms with van der Waals surface area (Å²) in [5.74, 6) is 0.313. The van der Waals surface area contributed by atoms with Gasteiger partial charge >= 0.3 is 0 Å². The zero-order valence-corrected chi connectivity index (χ0v) is 16.8. The molecule has 1 aliphatic rings. The minimum Gasteiger partial charge on any atom is -0.396 e. The quantitative estimate of drug-likeness (QED) is 0.682. The number of aromatic nitrogens is 3. The fraction of sp³-hybridized carbons (Fsp3) is 0.571. The van der Waals surface area contributed by atoms with E-state index >= 15 is 0 Å². The number of likely N-dealkylation sites (tertiary alicyclic amines) is 1. The van der Waals surface area contributed by atoms with E-state index in [1.165, 1.54) is 11.1 Å². The number of aliphatic hydroxyl groups excluding tert-OH is 1. The predicted octanol–water partition coefficient (Wildman–Crippen LogP) is 2.35. The summed E-state index contributed by atoms with van der Waals surface area (Å²) < 4.78 is 1.83. The van der Waals surface area contributed by atoms with Crippen molar-refractivity contribution in [3.8, 4) is 0 Å². The summed E-state index contributed by atoms with van der Waals surface area (Å²) in [5, 5.41) is 19.8. The number of benzene rings is 1. The minimum atomic E-state index is -0.238. The molecule has 2 heterocycles. The van der Waals surface area contributed by atoms with Gasteiger partial charge in [0.2, 0.25) is 0 Å². The molecule has 1 aliphatic heterocycles. The topological polar surface area (TPSA) is 83.3 Å². The molecule has 0 spiro atoms. The van der Waals surface area contributed by atoms with Crippen molar-refractivity contribution in [2.24, 2.45) is 0 Å². The molecule has 1 saturated heterocycles. The van der Waals surface area contributed by atoms with E-state index in [1.54, 1.807) is 6.20 Å². The largest absolute Gasteiger partial charge is 0.396 e. The number of hydrogen-bond donors (Lipinski definition) is 2. The zero-order valence-electron chi connectivity index (χ0n) is 16.8. The number of nitrogens with one attached hydrogen (secondary N) is 1. The van der Waals surface area contributed by atoms with E-state index in [0.717, 1.165) is 32.5 Å².